The molecule has 5 nitrogen and oxygen atoms in total. The number of hydrogen-bond acceptors (Lipinski definition) is 3. The minimum atomic E-state index is -4.38. The molecule has 28 heavy (non-hydrogen) atoms. The quantitative estimate of drug-likeness (QED) is 0.797. The van der Waals surface area contributed by atoms with Gasteiger partial charge in [0.25, 0.3) is 0 Å². The van der Waals surface area contributed by atoms with Crippen LogP contribution < -0.4 is 5.32 Å². The van der Waals surface area contributed by atoms with Gasteiger partial charge in [-0.2, -0.15) is 13.2 Å². The number of urea groups is 1. The zero-order valence-corrected chi connectivity index (χ0v) is 16.2. The topological polar surface area (TPSA) is 66.5 Å². The first-order valence-corrected chi connectivity index (χ1v) is 11.1. The largest absolute Gasteiger partial charge is 0.393 e. The molecule has 0 bridgehead atoms. The molecule has 2 amide bonds. The summed E-state index contributed by atoms with van der Waals surface area (Å²) >= 11 is 0. The maximum Gasteiger partial charge on any atom is 0.393 e. The summed E-state index contributed by atoms with van der Waals surface area (Å²) in [5.74, 6) is -1.48. The van der Waals surface area contributed by atoms with Gasteiger partial charge < -0.3 is 10.2 Å². The minimum Gasteiger partial charge on any atom is -0.331 e. The highest BCUT2D eigenvalue weighted by Crippen LogP contribution is 2.43. The van der Waals surface area contributed by atoms with E-state index >= 15 is 0 Å². The number of amides is 2. The number of carbonyl (C=O) groups is 1. The number of benzene rings is 1. The number of carbonyl (C=O) groups excluding carboxylic acids is 1. The number of nitrogens with one attached hydrogen (secondary N) is 1. The van der Waals surface area contributed by atoms with Crippen LogP contribution in [0.5, 0.6) is 0 Å². The number of nitrogens with zero attached hydrogens (tertiary/aromatic N) is 1. The van der Waals surface area contributed by atoms with Gasteiger partial charge in [-0.05, 0) is 30.7 Å². The SMILES string of the molecule is CS(=O)(=O)/C=C/[C@@H](NC(=O)N1C[C@@H](C(F)(F)F)C[C@H]1c1ccccc1)C1CC1. The van der Waals surface area contributed by atoms with Crippen LogP contribution in [0.25, 0.3) is 0 Å². The Labute approximate surface area is 162 Å². The summed E-state index contributed by atoms with van der Waals surface area (Å²) in [5, 5.41) is 3.77. The van der Waals surface area contributed by atoms with Gasteiger partial charge in [0.1, 0.15) is 0 Å². The van der Waals surface area contributed by atoms with Crippen LogP contribution in [0.1, 0.15) is 30.9 Å². The molecule has 0 radical (unpaired) electrons. The molecular formula is C19H23F3N2O3S. The average molecular weight is 416 g/mol. The zero-order chi connectivity index (χ0) is 20.5. The van der Waals surface area contributed by atoms with Crippen LogP contribution in [0.2, 0.25) is 0 Å². The van der Waals surface area contributed by atoms with E-state index in [9.17, 15) is 26.4 Å². The standard InChI is InChI=1S/C19H23F3N2O3S/c1-28(26,27)10-9-16(13-7-8-13)23-18(25)24-12-15(19(20,21)22)11-17(24)14-5-3-2-4-6-14/h2-6,9-10,13,15-17H,7-8,11-12H2,1H3,(H,23,25)/b10-9+/t15-,16+,17-/m0/s1. The minimum absolute atomic E-state index is 0.109. The average Bonchev–Trinajstić information content (AvgIpc) is 3.34. The Morgan fingerprint density at radius 1 is 1.25 bits per heavy atom. The predicted molar refractivity (Wildman–Crippen MR) is 99.1 cm³/mol. The lowest BCUT2D eigenvalue weighted by Crippen LogP contribution is -2.45. The first-order chi connectivity index (χ1) is 13.0. The van der Waals surface area contributed by atoms with E-state index in [1.165, 1.54) is 11.0 Å². The summed E-state index contributed by atoms with van der Waals surface area (Å²) in [7, 11) is -3.36. The lowest BCUT2D eigenvalue weighted by Gasteiger charge is -2.27. The molecule has 1 saturated heterocycles. The summed E-state index contributed by atoms with van der Waals surface area (Å²) in [6, 6.07) is 6.87. The number of hydrogen-bond donors (Lipinski definition) is 1. The highest BCUT2D eigenvalue weighted by Gasteiger charge is 2.49. The van der Waals surface area contributed by atoms with Crippen molar-refractivity contribution in [2.24, 2.45) is 11.8 Å². The van der Waals surface area contributed by atoms with Gasteiger partial charge in [0, 0.05) is 18.2 Å². The van der Waals surface area contributed by atoms with Crippen LogP contribution in [-0.4, -0.2) is 44.4 Å². The van der Waals surface area contributed by atoms with Crippen LogP contribution in [0.3, 0.4) is 0 Å². The predicted octanol–water partition coefficient (Wildman–Crippen LogP) is 3.66. The van der Waals surface area contributed by atoms with Crippen molar-refractivity contribution in [3.63, 3.8) is 0 Å². The van der Waals surface area contributed by atoms with E-state index in [4.69, 9.17) is 0 Å². The van der Waals surface area contributed by atoms with E-state index in [0.717, 1.165) is 24.5 Å². The summed E-state index contributed by atoms with van der Waals surface area (Å²) < 4.78 is 62.7. The Balaban J connectivity index is 1.79. The molecule has 9 heteroatoms. The van der Waals surface area contributed by atoms with Crippen molar-refractivity contribution in [3.05, 3.63) is 47.4 Å². The molecule has 0 unspecified atom stereocenters. The Hall–Kier alpha value is -2.03. The fourth-order valence-electron chi connectivity index (χ4n) is 3.52. The first kappa shape index (κ1) is 20.7. The fourth-order valence-corrected chi connectivity index (χ4v) is 3.97. The van der Waals surface area contributed by atoms with E-state index in [0.29, 0.717) is 5.56 Å². The Bertz CT molecular complexity index is 836. The third-order valence-corrected chi connectivity index (χ3v) is 5.81. The maximum atomic E-state index is 13.3. The molecular weight excluding hydrogens is 393 g/mol. The van der Waals surface area contributed by atoms with Crippen molar-refractivity contribution in [1.82, 2.24) is 10.2 Å². The zero-order valence-electron chi connectivity index (χ0n) is 15.4. The third kappa shape index (κ3) is 5.27. The van der Waals surface area contributed by atoms with E-state index in [1.54, 1.807) is 30.3 Å². The molecule has 2 fully saturated rings. The van der Waals surface area contributed by atoms with Crippen molar-refractivity contribution in [3.8, 4) is 0 Å². The van der Waals surface area contributed by atoms with E-state index in [-0.39, 0.29) is 12.3 Å². The normalized spacial score (nSPS) is 24.5. The van der Waals surface area contributed by atoms with Crippen molar-refractivity contribution in [2.75, 3.05) is 12.8 Å². The fraction of sp³-hybridized carbons (Fsp3) is 0.526. The first-order valence-electron chi connectivity index (χ1n) is 9.11. The molecule has 2 aliphatic rings. The smallest absolute Gasteiger partial charge is 0.331 e. The third-order valence-electron chi connectivity index (χ3n) is 5.16. The lowest BCUT2D eigenvalue weighted by atomic mass is 9.99. The molecule has 1 saturated carbocycles. The second kappa shape index (κ2) is 7.77. The highest BCUT2D eigenvalue weighted by molar-refractivity contribution is 7.93. The van der Waals surface area contributed by atoms with Gasteiger partial charge in [-0.25, -0.2) is 13.2 Å². The molecule has 1 N–H and O–H groups in total. The second-order valence-electron chi connectivity index (χ2n) is 7.52. The summed E-state index contributed by atoms with van der Waals surface area (Å²) in [6.45, 7) is -0.415. The van der Waals surface area contributed by atoms with Gasteiger partial charge in [-0.1, -0.05) is 36.4 Å². The van der Waals surface area contributed by atoms with Crippen LogP contribution in [0, 0.1) is 11.8 Å². The van der Waals surface area contributed by atoms with Crippen LogP contribution in [0.15, 0.2) is 41.8 Å². The van der Waals surface area contributed by atoms with Crippen LogP contribution in [0.4, 0.5) is 18.0 Å². The van der Waals surface area contributed by atoms with Crippen molar-refractivity contribution in [1.29, 1.82) is 0 Å². The van der Waals surface area contributed by atoms with Crippen molar-refractivity contribution >= 4 is 15.9 Å². The monoisotopic (exact) mass is 416 g/mol. The van der Waals surface area contributed by atoms with E-state index in [1.807, 2.05) is 0 Å². The van der Waals surface area contributed by atoms with E-state index in [2.05, 4.69) is 5.32 Å². The van der Waals surface area contributed by atoms with Gasteiger partial charge in [0.2, 0.25) is 0 Å². The number of rotatable bonds is 5. The second-order valence-corrected chi connectivity index (χ2v) is 9.46. The van der Waals surface area contributed by atoms with Crippen molar-refractivity contribution in [2.45, 2.75) is 37.5 Å². The molecule has 3 rings (SSSR count). The molecule has 3 atom stereocenters. The molecule has 1 heterocycles. The molecule has 154 valence electrons. The van der Waals surface area contributed by atoms with Crippen LogP contribution in [-0.2, 0) is 9.84 Å². The number of likely N-dealkylation sites (tertiary alicyclic amines) is 1. The van der Waals surface area contributed by atoms with Gasteiger partial charge in [0.15, 0.2) is 9.84 Å². The molecule has 1 aliphatic heterocycles. The van der Waals surface area contributed by atoms with E-state index < -0.39 is 46.6 Å². The van der Waals surface area contributed by atoms with Crippen LogP contribution >= 0.6 is 0 Å². The van der Waals surface area contributed by atoms with Gasteiger partial charge in [-0.3, -0.25) is 0 Å². The summed E-state index contributed by atoms with van der Waals surface area (Å²) in [6.07, 6.45) is -0.421. The Morgan fingerprint density at radius 2 is 1.89 bits per heavy atom. The molecule has 1 aromatic rings. The molecule has 1 aromatic carbocycles. The molecule has 0 aromatic heterocycles. The van der Waals surface area contributed by atoms with Gasteiger partial charge in [0.05, 0.1) is 18.0 Å². The van der Waals surface area contributed by atoms with Gasteiger partial charge in [-0.15, -0.1) is 0 Å². The van der Waals surface area contributed by atoms with Gasteiger partial charge >= 0.3 is 12.2 Å². The van der Waals surface area contributed by atoms with Crippen molar-refractivity contribution < 1.29 is 26.4 Å². The highest BCUT2D eigenvalue weighted by atomic mass is 32.2. The number of sulfone groups is 1. The number of alkyl halides is 3. The number of halogens is 3. The maximum absolute atomic E-state index is 13.3. The Morgan fingerprint density at radius 3 is 2.43 bits per heavy atom. The molecule has 1 aliphatic carbocycles. The summed E-state index contributed by atoms with van der Waals surface area (Å²) in [4.78, 5) is 14.1. The molecule has 0 spiro atoms. The lowest BCUT2D eigenvalue weighted by molar-refractivity contribution is -0.170. The Kier molecular flexibility index (Phi) is 5.74. The summed E-state index contributed by atoms with van der Waals surface area (Å²) in [5.41, 5.74) is 0.652.